The van der Waals surface area contributed by atoms with Crippen molar-refractivity contribution in [2.24, 2.45) is 10.7 Å². The highest BCUT2D eigenvalue weighted by molar-refractivity contribution is 6.34. The minimum absolute atomic E-state index is 0.0346. The number of carbonyl (C=O) groups excluding carboxylic acids is 2. The van der Waals surface area contributed by atoms with Crippen molar-refractivity contribution >= 4 is 35.1 Å². The number of nitrogens with two attached hydrogens (primary N) is 1. The molecule has 0 spiro atoms. The number of hydrogen-bond donors (Lipinski definition) is 2. The van der Waals surface area contributed by atoms with E-state index < -0.39 is 11.4 Å². The zero-order valence-corrected chi connectivity index (χ0v) is 18.7. The summed E-state index contributed by atoms with van der Waals surface area (Å²) in [7, 11) is 0. The molecule has 9 nitrogen and oxygen atoms in total. The molecule has 1 fully saturated rings. The Balaban J connectivity index is 1.61. The van der Waals surface area contributed by atoms with Crippen molar-refractivity contribution < 1.29 is 14.3 Å². The summed E-state index contributed by atoms with van der Waals surface area (Å²) in [6, 6.07) is 8.36. The smallest absolute Gasteiger partial charge is 0.276 e. The van der Waals surface area contributed by atoms with Crippen LogP contribution < -0.4 is 11.1 Å². The second kappa shape index (κ2) is 8.84. The van der Waals surface area contributed by atoms with Crippen LogP contribution in [-0.2, 0) is 15.1 Å². The lowest BCUT2D eigenvalue weighted by Gasteiger charge is -2.41. The largest absolute Gasteiger partial charge is 0.378 e. The van der Waals surface area contributed by atoms with Crippen LogP contribution in [0.2, 0.25) is 5.02 Å². The maximum atomic E-state index is 13.2. The second-order valence-corrected chi connectivity index (χ2v) is 8.65. The quantitative estimate of drug-likeness (QED) is 0.729. The number of nitrogens with zero attached hydrogens (tertiary/aromatic N) is 4. The van der Waals surface area contributed by atoms with E-state index >= 15 is 0 Å². The van der Waals surface area contributed by atoms with Crippen molar-refractivity contribution in [3.63, 3.8) is 0 Å². The van der Waals surface area contributed by atoms with Gasteiger partial charge >= 0.3 is 0 Å². The third-order valence-corrected chi connectivity index (χ3v) is 6.23. The maximum absolute atomic E-state index is 13.2. The number of ether oxygens (including phenoxy) is 1. The summed E-state index contributed by atoms with van der Waals surface area (Å²) < 4.78 is 5.59. The Kier molecular flexibility index (Phi) is 6.12. The average Bonchev–Trinajstić information content (AvgIpc) is 2.75. The van der Waals surface area contributed by atoms with Gasteiger partial charge in [0.25, 0.3) is 5.91 Å². The molecule has 2 amide bonds. The molecule has 1 saturated heterocycles. The Bertz CT molecular complexity index is 1060. The molecular formula is C22H25ClN6O3. The van der Waals surface area contributed by atoms with Crippen LogP contribution in [0.25, 0.3) is 0 Å². The molecule has 3 heterocycles. The summed E-state index contributed by atoms with van der Waals surface area (Å²) in [5.41, 5.74) is 6.49. The van der Waals surface area contributed by atoms with Crippen LogP contribution >= 0.6 is 11.6 Å². The van der Waals surface area contributed by atoms with E-state index in [0.29, 0.717) is 35.7 Å². The van der Waals surface area contributed by atoms with Crippen LogP contribution in [0.5, 0.6) is 0 Å². The fourth-order valence-corrected chi connectivity index (χ4v) is 4.64. The first kappa shape index (κ1) is 22.2. The Labute approximate surface area is 191 Å². The number of aliphatic imine (C=N–C) groups is 1. The van der Waals surface area contributed by atoms with Crippen molar-refractivity contribution in [1.29, 1.82) is 0 Å². The minimum atomic E-state index is -0.960. The van der Waals surface area contributed by atoms with Crippen LogP contribution in [0.4, 0.5) is 5.69 Å². The first-order chi connectivity index (χ1) is 15.3. The van der Waals surface area contributed by atoms with Gasteiger partial charge in [-0.25, -0.2) is 4.99 Å². The Morgan fingerprint density at radius 2 is 2.16 bits per heavy atom. The monoisotopic (exact) mass is 456 g/mol. The minimum Gasteiger partial charge on any atom is -0.378 e. The lowest BCUT2D eigenvalue weighted by molar-refractivity contribution is -0.133. The van der Waals surface area contributed by atoms with Crippen LogP contribution in [0.3, 0.4) is 0 Å². The van der Waals surface area contributed by atoms with Gasteiger partial charge in [0.2, 0.25) is 5.91 Å². The first-order valence-corrected chi connectivity index (χ1v) is 10.8. The number of halogens is 1. The molecule has 4 rings (SSSR count). The molecule has 32 heavy (non-hydrogen) atoms. The molecule has 3 N–H and O–H groups in total. The molecule has 168 valence electrons. The van der Waals surface area contributed by atoms with Crippen LogP contribution in [0.1, 0.15) is 49.2 Å². The van der Waals surface area contributed by atoms with Gasteiger partial charge in [0, 0.05) is 24.4 Å². The molecular weight excluding hydrogens is 432 g/mol. The Morgan fingerprint density at radius 1 is 1.34 bits per heavy atom. The highest BCUT2D eigenvalue weighted by Crippen LogP contribution is 2.41. The highest BCUT2D eigenvalue weighted by atomic mass is 35.5. The second-order valence-electron chi connectivity index (χ2n) is 8.27. The van der Waals surface area contributed by atoms with Gasteiger partial charge in [-0.1, -0.05) is 23.7 Å². The van der Waals surface area contributed by atoms with E-state index in [9.17, 15) is 9.59 Å². The summed E-state index contributed by atoms with van der Waals surface area (Å²) in [4.78, 5) is 31.9. The molecule has 0 bridgehead atoms. The molecule has 0 unspecified atom stereocenters. The van der Waals surface area contributed by atoms with Crippen molar-refractivity contribution in [1.82, 2.24) is 15.1 Å². The molecule has 0 radical (unpaired) electrons. The topological polar surface area (TPSA) is 123 Å². The fraction of sp³-hybridized carbons (Fsp3) is 0.409. The molecule has 2 aromatic rings. The molecule has 10 heteroatoms. The van der Waals surface area contributed by atoms with E-state index in [1.165, 1.54) is 6.20 Å². The highest BCUT2D eigenvalue weighted by Gasteiger charge is 2.42. The number of hydrogen-bond acceptors (Lipinski definition) is 7. The molecule has 0 aliphatic carbocycles. The lowest BCUT2D eigenvalue weighted by Crippen LogP contribution is -2.56. The third-order valence-electron chi connectivity index (χ3n) is 5.83. The molecule has 3 atom stereocenters. The predicted molar refractivity (Wildman–Crippen MR) is 120 cm³/mol. The fourth-order valence-electron chi connectivity index (χ4n) is 4.26. The van der Waals surface area contributed by atoms with Gasteiger partial charge in [-0.2, -0.15) is 5.10 Å². The number of rotatable bonds is 4. The van der Waals surface area contributed by atoms with Gasteiger partial charge in [-0.3, -0.25) is 14.5 Å². The number of guanidine groups is 1. The SMILES string of the molecule is C[C@@H]1C[C@H](N2C(=O)C[C@@](C)(c3cccc(NC(=O)c4cccnn4)c3Cl)N=C2N)CCO1. The van der Waals surface area contributed by atoms with Gasteiger partial charge in [0.15, 0.2) is 11.7 Å². The standard InChI is InChI=1S/C22H25ClN6O3/c1-13-11-14(8-10-32-13)29-18(30)12-22(2,27-21(29)24)15-5-3-6-16(19(15)23)26-20(31)17-7-4-9-25-28-17/h3-7,9,13-14H,8,10-12H2,1-2H3,(H2,24,27)(H,26,31)/t13-,14-,22+/m1/s1. The Hall–Kier alpha value is -3.04. The van der Waals surface area contributed by atoms with Gasteiger partial charge in [0.1, 0.15) is 0 Å². The summed E-state index contributed by atoms with van der Waals surface area (Å²) in [5.74, 6) is -0.373. The zero-order valence-electron chi connectivity index (χ0n) is 17.9. The number of nitrogens with one attached hydrogen (secondary N) is 1. The van der Waals surface area contributed by atoms with E-state index in [-0.39, 0.29) is 36.1 Å². The normalized spacial score (nSPS) is 25.9. The predicted octanol–water partition coefficient (Wildman–Crippen LogP) is 2.71. The number of aromatic nitrogens is 2. The van der Waals surface area contributed by atoms with Crippen LogP contribution in [0.15, 0.2) is 41.5 Å². The molecule has 0 saturated carbocycles. The maximum Gasteiger partial charge on any atom is 0.276 e. The number of benzene rings is 1. The van der Waals surface area contributed by atoms with Crippen molar-refractivity contribution in [2.45, 2.75) is 50.8 Å². The van der Waals surface area contributed by atoms with E-state index in [4.69, 9.17) is 27.1 Å². The van der Waals surface area contributed by atoms with Crippen LogP contribution in [-0.4, -0.2) is 51.6 Å². The van der Waals surface area contributed by atoms with Crippen molar-refractivity contribution in [2.75, 3.05) is 11.9 Å². The summed E-state index contributed by atoms with van der Waals surface area (Å²) >= 11 is 6.66. The lowest BCUT2D eigenvalue weighted by atomic mass is 9.86. The van der Waals surface area contributed by atoms with Crippen molar-refractivity contribution in [3.05, 3.63) is 52.8 Å². The van der Waals surface area contributed by atoms with Gasteiger partial charge in [-0.05, 0) is 44.9 Å². The van der Waals surface area contributed by atoms with Gasteiger partial charge < -0.3 is 15.8 Å². The molecule has 2 aliphatic rings. The number of carbonyl (C=O) groups is 2. The molecule has 1 aromatic carbocycles. The van der Waals surface area contributed by atoms with Crippen molar-refractivity contribution in [3.8, 4) is 0 Å². The molecule has 1 aromatic heterocycles. The Morgan fingerprint density at radius 3 is 2.84 bits per heavy atom. The summed E-state index contributed by atoms with van der Waals surface area (Å²) in [6.07, 6.45) is 3.09. The number of amides is 2. The van der Waals surface area contributed by atoms with E-state index in [0.717, 1.165) is 0 Å². The van der Waals surface area contributed by atoms with E-state index in [1.54, 1.807) is 35.2 Å². The van der Waals surface area contributed by atoms with Gasteiger partial charge in [0.05, 0.1) is 28.8 Å². The third kappa shape index (κ3) is 4.31. The van der Waals surface area contributed by atoms with Gasteiger partial charge in [-0.15, -0.1) is 5.10 Å². The first-order valence-electron chi connectivity index (χ1n) is 10.5. The van der Waals surface area contributed by atoms with E-state index in [2.05, 4.69) is 15.5 Å². The van der Waals surface area contributed by atoms with Crippen LogP contribution in [0, 0.1) is 0 Å². The average molecular weight is 457 g/mol. The number of anilines is 1. The van der Waals surface area contributed by atoms with E-state index in [1.807, 2.05) is 13.8 Å². The summed E-state index contributed by atoms with van der Waals surface area (Å²) in [6.45, 7) is 4.38. The summed E-state index contributed by atoms with van der Waals surface area (Å²) in [5, 5.41) is 10.6. The molecule has 2 aliphatic heterocycles. The zero-order chi connectivity index (χ0) is 22.9.